The molecule has 2 heterocycles. The number of guanidine groups is 1. The second kappa shape index (κ2) is 13.3. The zero-order chi connectivity index (χ0) is 17.9. The van der Waals surface area contributed by atoms with E-state index in [-0.39, 0.29) is 24.0 Å². The summed E-state index contributed by atoms with van der Waals surface area (Å²) >= 11 is 0. The molecular weight excluding hydrogens is 445 g/mol. The maximum atomic E-state index is 5.93. The number of likely N-dealkylation sites (tertiary alicyclic amines) is 1. The van der Waals surface area contributed by atoms with Crippen molar-refractivity contribution < 1.29 is 9.47 Å². The Hall–Kier alpha value is -0.870. The van der Waals surface area contributed by atoms with Crippen molar-refractivity contribution in [2.75, 3.05) is 47.0 Å². The van der Waals surface area contributed by atoms with Crippen molar-refractivity contribution in [3.05, 3.63) is 18.5 Å². The van der Waals surface area contributed by atoms with E-state index in [1.165, 1.54) is 0 Å². The van der Waals surface area contributed by atoms with Crippen molar-refractivity contribution in [3.8, 4) is 0 Å². The molecule has 0 radical (unpaired) electrons. The highest BCUT2D eigenvalue weighted by Gasteiger charge is 2.22. The molecular formula is C18H34IN5O2. The van der Waals surface area contributed by atoms with E-state index in [9.17, 15) is 0 Å². The highest BCUT2D eigenvalue weighted by molar-refractivity contribution is 14.0. The van der Waals surface area contributed by atoms with Gasteiger partial charge in [-0.3, -0.25) is 9.67 Å². The molecule has 1 aromatic heterocycles. The molecule has 1 aromatic rings. The number of nitrogens with one attached hydrogen (secondary N) is 1. The van der Waals surface area contributed by atoms with E-state index in [0.29, 0.717) is 12.0 Å². The summed E-state index contributed by atoms with van der Waals surface area (Å²) in [5, 5.41) is 7.77. The number of nitrogens with zero attached hydrogens (tertiary/aromatic N) is 4. The van der Waals surface area contributed by atoms with Crippen LogP contribution in [0.25, 0.3) is 0 Å². The van der Waals surface area contributed by atoms with Crippen LogP contribution in [0, 0.1) is 5.92 Å². The van der Waals surface area contributed by atoms with Gasteiger partial charge in [0.2, 0.25) is 0 Å². The summed E-state index contributed by atoms with van der Waals surface area (Å²) in [7, 11) is 3.58. The molecule has 1 saturated heterocycles. The predicted molar refractivity (Wildman–Crippen MR) is 115 cm³/mol. The Morgan fingerprint density at radius 3 is 2.73 bits per heavy atom. The van der Waals surface area contributed by atoms with Crippen LogP contribution in [0.2, 0.25) is 0 Å². The highest BCUT2D eigenvalue weighted by atomic mass is 127. The van der Waals surface area contributed by atoms with Crippen molar-refractivity contribution in [3.63, 3.8) is 0 Å². The first-order valence-corrected chi connectivity index (χ1v) is 9.26. The third kappa shape index (κ3) is 8.22. The summed E-state index contributed by atoms with van der Waals surface area (Å²) in [6.07, 6.45) is 7.26. The van der Waals surface area contributed by atoms with Crippen molar-refractivity contribution >= 4 is 29.9 Å². The number of halogens is 1. The van der Waals surface area contributed by atoms with Crippen molar-refractivity contribution in [1.29, 1.82) is 0 Å². The fourth-order valence-electron chi connectivity index (χ4n) is 3.08. The van der Waals surface area contributed by atoms with E-state index in [4.69, 9.17) is 9.47 Å². The first-order valence-electron chi connectivity index (χ1n) is 9.26. The van der Waals surface area contributed by atoms with Gasteiger partial charge < -0.3 is 19.7 Å². The van der Waals surface area contributed by atoms with Crippen LogP contribution in [0.4, 0.5) is 0 Å². The molecule has 0 bridgehead atoms. The molecule has 7 nitrogen and oxygen atoms in total. The summed E-state index contributed by atoms with van der Waals surface area (Å²) in [5.41, 5.74) is 0. The highest BCUT2D eigenvalue weighted by Crippen LogP contribution is 2.14. The molecule has 0 amide bonds. The van der Waals surface area contributed by atoms with Crippen LogP contribution in [0.15, 0.2) is 23.5 Å². The van der Waals surface area contributed by atoms with Crippen LogP contribution >= 0.6 is 24.0 Å². The Morgan fingerprint density at radius 1 is 1.35 bits per heavy atom. The number of aliphatic imine (C=N–C) groups is 1. The van der Waals surface area contributed by atoms with Crippen molar-refractivity contribution in [2.24, 2.45) is 10.9 Å². The largest absolute Gasteiger partial charge is 0.385 e. The molecule has 1 atom stereocenters. The Labute approximate surface area is 174 Å². The van der Waals surface area contributed by atoms with E-state index in [2.05, 4.69) is 27.2 Å². The van der Waals surface area contributed by atoms with Gasteiger partial charge in [0, 0.05) is 65.9 Å². The predicted octanol–water partition coefficient (Wildman–Crippen LogP) is 2.23. The van der Waals surface area contributed by atoms with Crippen LogP contribution in [0.1, 0.15) is 26.2 Å². The Balaban J connectivity index is 0.00000338. The third-order valence-electron chi connectivity index (χ3n) is 4.47. The lowest BCUT2D eigenvalue weighted by Crippen LogP contribution is -2.48. The maximum absolute atomic E-state index is 5.93. The first kappa shape index (κ1) is 23.2. The van der Waals surface area contributed by atoms with Gasteiger partial charge in [0.15, 0.2) is 5.96 Å². The van der Waals surface area contributed by atoms with Gasteiger partial charge in [-0.15, -0.1) is 24.0 Å². The standard InChI is InChI=1S/C18H33N5O2.HI/c1-16(15-23-9-4-8-21-23)14-20-18(19-2)22-10-6-17(7-11-22)25-13-5-12-24-3;/h4,8-9,16-17H,5-7,10-15H2,1-3H3,(H,19,20);1H. The zero-order valence-corrected chi connectivity index (χ0v) is 18.6. The third-order valence-corrected chi connectivity index (χ3v) is 4.47. The average Bonchev–Trinajstić information content (AvgIpc) is 3.13. The number of aromatic nitrogens is 2. The monoisotopic (exact) mass is 479 g/mol. The van der Waals surface area contributed by atoms with E-state index in [1.54, 1.807) is 7.11 Å². The minimum atomic E-state index is 0. The van der Waals surface area contributed by atoms with Crippen LogP contribution in [0.3, 0.4) is 0 Å². The maximum Gasteiger partial charge on any atom is 0.193 e. The minimum Gasteiger partial charge on any atom is -0.385 e. The molecule has 1 fully saturated rings. The van der Waals surface area contributed by atoms with Crippen LogP contribution < -0.4 is 5.32 Å². The topological polar surface area (TPSA) is 63.9 Å². The van der Waals surface area contributed by atoms with E-state index in [0.717, 1.165) is 64.6 Å². The molecule has 1 N–H and O–H groups in total. The minimum absolute atomic E-state index is 0. The number of hydrogen-bond acceptors (Lipinski definition) is 4. The fraction of sp³-hybridized carbons (Fsp3) is 0.778. The normalized spacial score (nSPS) is 17.0. The Morgan fingerprint density at radius 2 is 2.12 bits per heavy atom. The smallest absolute Gasteiger partial charge is 0.193 e. The van der Waals surface area contributed by atoms with Gasteiger partial charge in [0.1, 0.15) is 0 Å². The fourth-order valence-corrected chi connectivity index (χ4v) is 3.08. The summed E-state index contributed by atoms with van der Waals surface area (Å²) in [6.45, 7) is 7.56. The van der Waals surface area contributed by atoms with Crippen molar-refractivity contribution in [1.82, 2.24) is 20.0 Å². The number of rotatable bonds is 9. The van der Waals surface area contributed by atoms with E-state index in [1.807, 2.05) is 30.2 Å². The first-order chi connectivity index (χ1) is 12.2. The summed E-state index contributed by atoms with van der Waals surface area (Å²) in [6, 6.07) is 1.96. The van der Waals surface area contributed by atoms with Gasteiger partial charge in [-0.1, -0.05) is 6.92 Å². The average molecular weight is 479 g/mol. The quantitative estimate of drug-likeness (QED) is 0.255. The molecule has 150 valence electrons. The molecule has 26 heavy (non-hydrogen) atoms. The molecule has 1 aliphatic rings. The number of piperidine rings is 1. The summed E-state index contributed by atoms with van der Waals surface area (Å²) in [5.74, 6) is 1.48. The van der Waals surface area contributed by atoms with Crippen LogP contribution in [0.5, 0.6) is 0 Å². The number of hydrogen-bond donors (Lipinski definition) is 1. The Kier molecular flexibility index (Phi) is 11.9. The van der Waals surface area contributed by atoms with Crippen molar-refractivity contribution in [2.45, 2.75) is 38.8 Å². The molecule has 8 heteroatoms. The van der Waals surface area contributed by atoms with E-state index >= 15 is 0 Å². The van der Waals surface area contributed by atoms with Gasteiger partial charge in [-0.2, -0.15) is 5.10 Å². The van der Waals surface area contributed by atoms with Gasteiger partial charge in [-0.25, -0.2) is 0 Å². The molecule has 0 aliphatic carbocycles. The summed E-state index contributed by atoms with van der Waals surface area (Å²) < 4.78 is 13.0. The SMILES string of the molecule is CN=C(NCC(C)Cn1cccn1)N1CCC(OCCCOC)CC1.I. The molecule has 0 aromatic carbocycles. The van der Waals surface area contributed by atoms with Gasteiger partial charge in [0.05, 0.1) is 6.10 Å². The lowest BCUT2D eigenvalue weighted by molar-refractivity contribution is 0.00988. The molecule has 2 rings (SSSR count). The van der Waals surface area contributed by atoms with Gasteiger partial charge >= 0.3 is 0 Å². The molecule has 0 saturated carbocycles. The molecule has 1 unspecified atom stereocenters. The lowest BCUT2D eigenvalue weighted by Gasteiger charge is -2.34. The Bertz CT molecular complexity index is 490. The van der Waals surface area contributed by atoms with Crippen LogP contribution in [-0.4, -0.2) is 73.7 Å². The number of ether oxygens (including phenoxy) is 2. The zero-order valence-electron chi connectivity index (χ0n) is 16.3. The molecule has 0 spiro atoms. The second-order valence-corrected chi connectivity index (χ2v) is 6.66. The van der Waals surface area contributed by atoms with Crippen LogP contribution in [-0.2, 0) is 16.0 Å². The summed E-state index contributed by atoms with van der Waals surface area (Å²) in [4.78, 5) is 6.77. The lowest BCUT2D eigenvalue weighted by atomic mass is 10.1. The number of methoxy groups -OCH3 is 1. The van der Waals surface area contributed by atoms with Gasteiger partial charge in [-0.05, 0) is 31.2 Å². The molecule has 1 aliphatic heterocycles. The second-order valence-electron chi connectivity index (χ2n) is 6.66. The van der Waals surface area contributed by atoms with Gasteiger partial charge in [0.25, 0.3) is 0 Å². The van der Waals surface area contributed by atoms with E-state index < -0.39 is 0 Å².